The first-order chi connectivity index (χ1) is 11.3. The SMILES string of the molecule is CC.CC(C)N1C(C)CC(O)C[C@H]1C.CN1CCCC(C#N)CC1. The van der Waals surface area contributed by atoms with E-state index in [1.807, 2.05) is 13.8 Å². The highest BCUT2D eigenvalue weighted by molar-refractivity contribution is 4.86. The lowest BCUT2D eigenvalue weighted by Crippen LogP contribution is -2.51. The molecule has 0 aromatic rings. The van der Waals surface area contributed by atoms with E-state index in [-0.39, 0.29) is 6.10 Å². The molecule has 0 bridgehead atoms. The molecule has 2 fully saturated rings. The van der Waals surface area contributed by atoms with Crippen molar-refractivity contribution in [2.24, 2.45) is 5.92 Å². The summed E-state index contributed by atoms with van der Waals surface area (Å²) in [4.78, 5) is 4.80. The van der Waals surface area contributed by atoms with Gasteiger partial charge in [-0.05, 0) is 79.9 Å². The summed E-state index contributed by atoms with van der Waals surface area (Å²) in [6.07, 6.45) is 5.14. The minimum absolute atomic E-state index is 0.0787. The Hall–Kier alpha value is -0.630. The first-order valence-corrected chi connectivity index (χ1v) is 9.88. The second-order valence-electron chi connectivity index (χ2n) is 7.42. The van der Waals surface area contributed by atoms with Gasteiger partial charge in [-0.25, -0.2) is 0 Å². The molecule has 24 heavy (non-hydrogen) atoms. The van der Waals surface area contributed by atoms with Gasteiger partial charge >= 0.3 is 0 Å². The first-order valence-electron chi connectivity index (χ1n) is 9.88. The monoisotopic (exact) mass is 339 g/mol. The Morgan fingerprint density at radius 3 is 2.04 bits per heavy atom. The second kappa shape index (κ2) is 12.7. The normalized spacial score (nSPS) is 31.8. The summed E-state index contributed by atoms with van der Waals surface area (Å²) in [5.41, 5.74) is 0. The number of aliphatic hydroxyl groups is 1. The van der Waals surface area contributed by atoms with E-state index in [9.17, 15) is 5.11 Å². The predicted molar refractivity (Wildman–Crippen MR) is 103 cm³/mol. The van der Waals surface area contributed by atoms with Gasteiger partial charge in [-0.15, -0.1) is 0 Å². The van der Waals surface area contributed by atoms with Crippen molar-refractivity contribution in [1.82, 2.24) is 9.80 Å². The van der Waals surface area contributed by atoms with E-state index >= 15 is 0 Å². The van der Waals surface area contributed by atoms with Crippen molar-refractivity contribution in [2.75, 3.05) is 20.1 Å². The first kappa shape index (κ1) is 23.4. The Kier molecular flexibility index (Phi) is 12.4. The Labute approximate surface area is 150 Å². The standard InChI is InChI=1S/C10H21NO.C8H14N2.C2H6/c1-7(2)11-8(3)5-10(12)6-9(11)4;1-10-5-2-3-8(7-9)4-6-10;1-2/h7-10,12H,5-6H2,1-4H3;8H,2-6H2,1H3;1-2H3/t8-,9?,10?;;/m1../s1. The van der Waals surface area contributed by atoms with Crippen molar-refractivity contribution in [1.29, 1.82) is 5.26 Å². The molecule has 4 nitrogen and oxygen atoms in total. The van der Waals surface area contributed by atoms with E-state index in [0.29, 0.717) is 24.0 Å². The molecule has 0 spiro atoms. The molecule has 2 aliphatic heterocycles. The van der Waals surface area contributed by atoms with Crippen LogP contribution in [0.3, 0.4) is 0 Å². The van der Waals surface area contributed by atoms with E-state index in [2.05, 4.69) is 50.6 Å². The van der Waals surface area contributed by atoms with Crippen LogP contribution in [0.2, 0.25) is 0 Å². The van der Waals surface area contributed by atoms with Gasteiger partial charge in [0, 0.05) is 24.0 Å². The molecule has 4 atom stereocenters. The van der Waals surface area contributed by atoms with Crippen LogP contribution in [-0.4, -0.2) is 59.3 Å². The summed E-state index contributed by atoms with van der Waals surface area (Å²) >= 11 is 0. The number of nitrogens with zero attached hydrogens (tertiary/aromatic N) is 3. The number of hydrogen-bond donors (Lipinski definition) is 1. The highest BCUT2D eigenvalue weighted by atomic mass is 16.3. The fourth-order valence-corrected chi connectivity index (χ4v) is 3.95. The maximum Gasteiger partial charge on any atom is 0.0656 e. The molecule has 2 aliphatic rings. The fraction of sp³-hybridized carbons (Fsp3) is 0.950. The zero-order valence-electron chi connectivity index (χ0n) is 17.1. The van der Waals surface area contributed by atoms with Crippen LogP contribution in [0.5, 0.6) is 0 Å². The molecular formula is C20H41N3O. The Balaban J connectivity index is 0.000000405. The molecule has 0 aliphatic carbocycles. The van der Waals surface area contributed by atoms with Gasteiger partial charge in [0.1, 0.15) is 0 Å². The molecule has 0 radical (unpaired) electrons. The lowest BCUT2D eigenvalue weighted by atomic mass is 9.93. The van der Waals surface area contributed by atoms with Gasteiger partial charge in [-0.3, -0.25) is 4.90 Å². The summed E-state index contributed by atoms with van der Waals surface area (Å²) in [5.74, 6) is 0.324. The molecule has 0 aromatic heterocycles. The molecule has 1 N–H and O–H groups in total. The lowest BCUT2D eigenvalue weighted by molar-refractivity contribution is -0.00378. The van der Waals surface area contributed by atoms with Crippen LogP contribution in [0, 0.1) is 17.2 Å². The molecule has 142 valence electrons. The minimum Gasteiger partial charge on any atom is -0.393 e. The van der Waals surface area contributed by atoms with Crippen LogP contribution in [0.4, 0.5) is 0 Å². The van der Waals surface area contributed by atoms with E-state index in [4.69, 9.17) is 5.26 Å². The summed E-state index contributed by atoms with van der Waals surface area (Å²) in [5, 5.41) is 18.2. The van der Waals surface area contributed by atoms with Crippen molar-refractivity contribution in [3.63, 3.8) is 0 Å². The number of aliphatic hydroxyl groups excluding tert-OH is 1. The maximum atomic E-state index is 9.52. The van der Waals surface area contributed by atoms with Gasteiger partial charge in [0.25, 0.3) is 0 Å². The molecule has 0 saturated carbocycles. The van der Waals surface area contributed by atoms with Crippen LogP contribution in [0.25, 0.3) is 0 Å². The quantitative estimate of drug-likeness (QED) is 0.787. The van der Waals surface area contributed by atoms with E-state index in [0.717, 1.165) is 38.8 Å². The molecular weight excluding hydrogens is 298 g/mol. The molecule has 2 heterocycles. The average molecular weight is 340 g/mol. The topological polar surface area (TPSA) is 50.5 Å². The van der Waals surface area contributed by atoms with Gasteiger partial charge in [0.15, 0.2) is 0 Å². The minimum atomic E-state index is -0.0787. The lowest BCUT2D eigenvalue weighted by Gasteiger charge is -2.43. The van der Waals surface area contributed by atoms with Crippen LogP contribution < -0.4 is 0 Å². The third-order valence-corrected chi connectivity index (χ3v) is 4.97. The van der Waals surface area contributed by atoms with Crippen LogP contribution >= 0.6 is 0 Å². The van der Waals surface area contributed by atoms with Crippen molar-refractivity contribution < 1.29 is 5.11 Å². The van der Waals surface area contributed by atoms with Gasteiger partial charge in [0.2, 0.25) is 0 Å². The molecule has 0 amide bonds. The van der Waals surface area contributed by atoms with Crippen LogP contribution in [0.1, 0.15) is 73.6 Å². The van der Waals surface area contributed by atoms with E-state index in [1.54, 1.807) is 0 Å². The summed E-state index contributed by atoms with van der Waals surface area (Å²) in [7, 11) is 2.12. The largest absolute Gasteiger partial charge is 0.393 e. The van der Waals surface area contributed by atoms with Gasteiger partial charge in [-0.2, -0.15) is 5.26 Å². The number of rotatable bonds is 1. The zero-order valence-corrected chi connectivity index (χ0v) is 17.1. The highest BCUT2D eigenvalue weighted by Gasteiger charge is 2.30. The Bertz CT molecular complexity index is 341. The Morgan fingerprint density at radius 2 is 1.58 bits per heavy atom. The van der Waals surface area contributed by atoms with Crippen LogP contribution in [0.15, 0.2) is 0 Å². The third kappa shape index (κ3) is 8.46. The van der Waals surface area contributed by atoms with Crippen molar-refractivity contribution >= 4 is 0 Å². The molecule has 3 unspecified atom stereocenters. The molecule has 0 aromatic carbocycles. The number of piperidine rings is 1. The second-order valence-corrected chi connectivity index (χ2v) is 7.42. The maximum absolute atomic E-state index is 9.52. The summed E-state index contributed by atoms with van der Waals surface area (Å²) < 4.78 is 0. The molecule has 2 rings (SSSR count). The number of nitriles is 1. The van der Waals surface area contributed by atoms with Crippen molar-refractivity contribution in [3.05, 3.63) is 0 Å². The van der Waals surface area contributed by atoms with Gasteiger partial charge in [0.05, 0.1) is 12.2 Å². The highest BCUT2D eigenvalue weighted by Crippen LogP contribution is 2.24. The smallest absolute Gasteiger partial charge is 0.0656 e. The van der Waals surface area contributed by atoms with Gasteiger partial charge in [-0.1, -0.05) is 13.8 Å². The summed E-state index contributed by atoms with van der Waals surface area (Å²) in [6.45, 7) is 15.1. The summed E-state index contributed by atoms with van der Waals surface area (Å²) in [6, 6.07) is 4.00. The number of hydrogen-bond acceptors (Lipinski definition) is 4. The van der Waals surface area contributed by atoms with Crippen molar-refractivity contribution in [3.8, 4) is 6.07 Å². The third-order valence-electron chi connectivity index (χ3n) is 4.97. The van der Waals surface area contributed by atoms with E-state index in [1.165, 1.54) is 6.42 Å². The molecule has 4 heteroatoms. The number of likely N-dealkylation sites (tertiary alicyclic amines) is 2. The predicted octanol–water partition coefficient (Wildman–Crippen LogP) is 3.90. The van der Waals surface area contributed by atoms with Crippen molar-refractivity contribution in [2.45, 2.75) is 97.9 Å². The fourth-order valence-electron chi connectivity index (χ4n) is 3.95. The average Bonchev–Trinajstić information content (AvgIpc) is 2.72. The zero-order chi connectivity index (χ0) is 18.7. The molecule has 2 saturated heterocycles. The van der Waals surface area contributed by atoms with E-state index < -0.39 is 0 Å². The Morgan fingerprint density at radius 1 is 1.04 bits per heavy atom. The van der Waals surface area contributed by atoms with Gasteiger partial charge < -0.3 is 10.0 Å². The van der Waals surface area contributed by atoms with Crippen LogP contribution in [-0.2, 0) is 0 Å².